The molecule has 0 bridgehead atoms. The number of alkyl halides is 2. The number of benzene rings is 1. The second-order valence-electron chi connectivity index (χ2n) is 3.18. The summed E-state index contributed by atoms with van der Waals surface area (Å²) in [7, 11) is 0. The highest BCUT2D eigenvalue weighted by atomic mass is 35.5. The molecule has 1 aromatic carbocycles. The van der Waals surface area contributed by atoms with Crippen LogP contribution in [0.1, 0.15) is 12.1 Å². The zero-order valence-electron chi connectivity index (χ0n) is 8.05. The smallest absolute Gasteiger partial charge is 0.282 e. The number of nitrogens with zero attached hydrogens (tertiary/aromatic N) is 1. The van der Waals surface area contributed by atoms with Crippen molar-refractivity contribution in [3.05, 3.63) is 35.0 Å². The van der Waals surface area contributed by atoms with Crippen molar-refractivity contribution in [2.24, 2.45) is 5.84 Å². The van der Waals surface area contributed by atoms with Crippen LogP contribution in [0.3, 0.4) is 0 Å². The molecular weight excluding hydrogens is 236 g/mol. The lowest BCUT2D eigenvalue weighted by Crippen LogP contribution is -2.10. The van der Waals surface area contributed by atoms with Gasteiger partial charge >= 0.3 is 0 Å². The summed E-state index contributed by atoms with van der Waals surface area (Å²) in [6, 6.07) is 6.54. The summed E-state index contributed by atoms with van der Waals surface area (Å²) in [6.07, 6.45) is -2.70. The predicted molar refractivity (Wildman–Crippen MR) is 59.5 cm³/mol. The van der Waals surface area contributed by atoms with Crippen LogP contribution in [0.25, 0.3) is 10.9 Å². The standard InChI is InChI=1S/C10H8ClF2N3/c11-6-3-1-2-5-4-7(16-14)9(10(12)13)15-8(5)6/h1-4,10,16H,14H2. The van der Waals surface area contributed by atoms with E-state index in [1.807, 2.05) is 0 Å². The van der Waals surface area contributed by atoms with Gasteiger partial charge in [-0.05, 0) is 12.1 Å². The highest BCUT2D eigenvalue weighted by Crippen LogP contribution is 2.30. The van der Waals surface area contributed by atoms with E-state index in [0.717, 1.165) is 0 Å². The number of halogens is 3. The molecule has 0 spiro atoms. The molecule has 0 aliphatic rings. The zero-order valence-corrected chi connectivity index (χ0v) is 8.80. The topological polar surface area (TPSA) is 50.9 Å². The van der Waals surface area contributed by atoms with Gasteiger partial charge < -0.3 is 5.43 Å². The van der Waals surface area contributed by atoms with Crippen molar-refractivity contribution in [3.63, 3.8) is 0 Å². The maximum absolute atomic E-state index is 12.7. The Kier molecular flexibility index (Phi) is 2.89. The molecule has 0 atom stereocenters. The monoisotopic (exact) mass is 243 g/mol. The van der Waals surface area contributed by atoms with Gasteiger partial charge in [-0.25, -0.2) is 13.8 Å². The average Bonchev–Trinajstić information content (AvgIpc) is 2.27. The third-order valence-electron chi connectivity index (χ3n) is 2.19. The van der Waals surface area contributed by atoms with E-state index in [4.69, 9.17) is 17.4 Å². The van der Waals surface area contributed by atoms with Crippen LogP contribution in [0.4, 0.5) is 14.5 Å². The van der Waals surface area contributed by atoms with E-state index in [-0.39, 0.29) is 5.69 Å². The molecule has 3 nitrogen and oxygen atoms in total. The quantitative estimate of drug-likeness (QED) is 0.629. The lowest BCUT2D eigenvalue weighted by molar-refractivity contribution is 0.147. The molecular formula is C10H8ClF2N3. The summed E-state index contributed by atoms with van der Waals surface area (Å²) in [6.45, 7) is 0. The van der Waals surface area contributed by atoms with Gasteiger partial charge in [0.05, 0.1) is 16.2 Å². The number of hydrogen-bond acceptors (Lipinski definition) is 3. The van der Waals surface area contributed by atoms with Crippen LogP contribution in [-0.4, -0.2) is 4.98 Å². The van der Waals surface area contributed by atoms with Crippen LogP contribution in [0.5, 0.6) is 0 Å². The first-order chi connectivity index (χ1) is 7.63. The summed E-state index contributed by atoms with van der Waals surface area (Å²) in [5, 5.41) is 0.993. The Morgan fingerprint density at radius 3 is 2.75 bits per heavy atom. The zero-order chi connectivity index (χ0) is 11.7. The van der Waals surface area contributed by atoms with Crippen molar-refractivity contribution in [1.82, 2.24) is 4.98 Å². The highest BCUT2D eigenvalue weighted by Gasteiger charge is 2.16. The number of nitrogen functional groups attached to an aromatic ring is 1. The van der Waals surface area contributed by atoms with Crippen molar-refractivity contribution in [2.75, 3.05) is 5.43 Å². The van der Waals surface area contributed by atoms with Crippen molar-refractivity contribution < 1.29 is 8.78 Å². The molecule has 3 N–H and O–H groups in total. The number of nitrogens with one attached hydrogen (secondary N) is 1. The van der Waals surface area contributed by atoms with Gasteiger partial charge in [0.25, 0.3) is 6.43 Å². The SMILES string of the molecule is NNc1cc2cccc(Cl)c2nc1C(F)F. The molecule has 2 aromatic rings. The fourth-order valence-corrected chi connectivity index (χ4v) is 1.68. The third-order valence-corrected chi connectivity index (χ3v) is 2.49. The molecule has 0 unspecified atom stereocenters. The first-order valence-electron chi connectivity index (χ1n) is 4.47. The number of hydrazine groups is 1. The molecule has 6 heteroatoms. The Balaban J connectivity index is 2.76. The van der Waals surface area contributed by atoms with Crippen molar-refractivity contribution in [2.45, 2.75) is 6.43 Å². The summed E-state index contributed by atoms with van der Waals surface area (Å²) in [5.41, 5.74) is 2.25. The first-order valence-corrected chi connectivity index (χ1v) is 4.85. The van der Waals surface area contributed by atoms with E-state index >= 15 is 0 Å². The van der Waals surface area contributed by atoms with Crippen LogP contribution < -0.4 is 11.3 Å². The van der Waals surface area contributed by atoms with Gasteiger partial charge in [-0.2, -0.15) is 0 Å². The van der Waals surface area contributed by atoms with Gasteiger partial charge in [-0.1, -0.05) is 23.7 Å². The molecule has 0 amide bonds. The first kappa shape index (κ1) is 11.0. The number of nitrogens with two attached hydrogens (primary N) is 1. The summed E-state index contributed by atoms with van der Waals surface area (Å²) in [5.74, 6) is 5.16. The van der Waals surface area contributed by atoms with Crippen molar-refractivity contribution in [1.29, 1.82) is 0 Å². The van der Waals surface area contributed by atoms with Crippen LogP contribution in [0, 0.1) is 0 Å². The van der Waals surface area contributed by atoms with E-state index in [2.05, 4.69) is 10.4 Å². The lowest BCUT2D eigenvalue weighted by Gasteiger charge is -2.09. The Bertz CT molecular complexity index is 531. The summed E-state index contributed by atoms with van der Waals surface area (Å²) in [4.78, 5) is 3.82. The number of aromatic nitrogens is 1. The average molecular weight is 244 g/mol. The minimum atomic E-state index is -2.70. The largest absolute Gasteiger partial charge is 0.322 e. The van der Waals surface area contributed by atoms with Crippen LogP contribution in [0.15, 0.2) is 24.3 Å². The number of hydrogen-bond donors (Lipinski definition) is 2. The highest BCUT2D eigenvalue weighted by molar-refractivity contribution is 6.35. The normalized spacial score (nSPS) is 11.1. The molecule has 1 heterocycles. The van der Waals surface area contributed by atoms with Gasteiger partial charge in [0.1, 0.15) is 5.69 Å². The Hall–Kier alpha value is -1.46. The Labute approximate surface area is 95.2 Å². The fourth-order valence-electron chi connectivity index (χ4n) is 1.46. The molecule has 0 aliphatic heterocycles. The van der Waals surface area contributed by atoms with E-state index in [1.54, 1.807) is 18.2 Å². The molecule has 0 aliphatic carbocycles. The second-order valence-corrected chi connectivity index (χ2v) is 3.58. The second kappa shape index (κ2) is 4.19. The molecule has 1 aromatic heterocycles. The van der Waals surface area contributed by atoms with Crippen LogP contribution in [-0.2, 0) is 0 Å². The Morgan fingerprint density at radius 2 is 2.12 bits per heavy atom. The van der Waals surface area contributed by atoms with Gasteiger partial charge in [0, 0.05) is 5.39 Å². The Morgan fingerprint density at radius 1 is 1.38 bits per heavy atom. The molecule has 84 valence electrons. The number of rotatable bonds is 2. The van der Waals surface area contributed by atoms with Gasteiger partial charge in [-0.15, -0.1) is 0 Å². The van der Waals surface area contributed by atoms with E-state index in [0.29, 0.717) is 15.9 Å². The van der Waals surface area contributed by atoms with Crippen LogP contribution in [0.2, 0.25) is 5.02 Å². The molecule has 0 radical (unpaired) electrons. The maximum Gasteiger partial charge on any atom is 0.282 e. The number of anilines is 1. The maximum atomic E-state index is 12.7. The van der Waals surface area contributed by atoms with E-state index in [9.17, 15) is 8.78 Å². The molecule has 16 heavy (non-hydrogen) atoms. The van der Waals surface area contributed by atoms with Gasteiger partial charge in [-0.3, -0.25) is 5.84 Å². The minimum absolute atomic E-state index is 0.102. The van der Waals surface area contributed by atoms with Gasteiger partial charge in [0.2, 0.25) is 0 Å². The van der Waals surface area contributed by atoms with Crippen molar-refractivity contribution >= 4 is 28.2 Å². The van der Waals surface area contributed by atoms with Crippen LogP contribution >= 0.6 is 11.6 Å². The van der Waals surface area contributed by atoms with Crippen molar-refractivity contribution in [3.8, 4) is 0 Å². The molecule has 0 fully saturated rings. The van der Waals surface area contributed by atoms with Gasteiger partial charge in [0.15, 0.2) is 0 Å². The number of pyridine rings is 1. The number of fused-ring (bicyclic) bond motifs is 1. The number of para-hydroxylation sites is 1. The summed E-state index contributed by atoms with van der Waals surface area (Å²) < 4.78 is 25.3. The van der Waals surface area contributed by atoms with E-state index in [1.165, 1.54) is 6.07 Å². The third kappa shape index (κ3) is 1.79. The minimum Gasteiger partial charge on any atom is -0.322 e. The fraction of sp³-hybridized carbons (Fsp3) is 0.100. The van der Waals surface area contributed by atoms with E-state index < -0.39 is 12.1 Å². The molecule has 2 rings (SSSR count). The summed E-state index contributed by atoms with van der Waals surface area (Å²) >= 11 is 5.87. The molecule has 0 saturated heterocycles. The molecule has 0 saturated carbocycles. The predicted octanol–water partition coefficient (Wildman–Crippen LogP) is 3.11. The lowest BCUT2D eigenvalue weighted by atomic mass is 10.2.